The molecular formula is C18H23ClN3O4S+. The fourth-order valence-electron chi connectivity index (χ4n) is 2.69. The highest BCUT2D eigenvalue weighted by Gasteiger charge is 2.27. The van der Waals surface area contributed by atoms with Gasteiger partial charge in [-0.3, -0.25) is 4.90 Å². The van der Waals surface area contributed by atoms with Crippen molar-refractivity contribution >= 4 is 27.4 Å². The number of pyridine rings is 1. The molecule has 1 saturated heterocycles. The lowest BCUT2D eigenvalue weighted by Gasteiger charge is -2.25. The second kappa shape index (κ2) is 8.88. The van der Waals surface area contributed by atoms with Crippen molar-refractivity contribution in [2.45, 2.75) is 4.90 Å². The van der Waals surface area contributed by atoms with Gasteiger partial charge in [0.05, 0.1) is 20.3 Å². The third kappa shape index (κ3) is 5.10. The van der Waals surface area contributed by atoms with Crippen LogP contribution in [0.1, 0.15) is 0 Å². The van der Waals surface area contributed by atoms with E-state index in [2.05, 4.69) is 4.98 Å². The topological polar surface area (TPSA) is 73.2 Å². The zero-order valence-corrected chi connectivity index (χ0v) is 16.7. The summed E-state index contributed by atoms with van der Waals surface area (Å²) >= 11 is 5.85. The van der Waals surface area contributed by atoms with E-state index in [-0.39, 0.29) is 4.90 Å². The van der Waals surface area contributed by atoms with E-state index in [0.29, 0.717) is 44.5 Å². The van der Waals surface area contributed by atoms with Crippen molar-refractivity contribution in [1.29, 1.82) is 0 Å². The van der Waals surface area contributed by atoms with Gasteiger partial charge >= 0.3 is 0 Å². The molecule has 1 fully saturated rings. The van der Waals surface area contributed by atoms with E-state index < -0.39 is 10.0 Å². The molecule has 0 saturated carbocycles. The Bertz CT molecular complexity index is 838. The zero-order valence-electron chi connectivity index (χ0n) is 15.1. The van der Waals surface area contributed by atoms with Crippen LogP contribution < -0.4 is 14.6 Å². The Morgan fingerprint density at radius 1 is 1.19 bits per heavy atom. The standard InChI is InChI=1S/C18H22ClN3O4S/c1-21(8-13-26-16-4-2-15(19)3-5-16)18-7-6-17(14-20-18)27(23,24)22-9-11-25-12-10-22/h2-7,14H,8-13H2,1H3/p+1. The zero-order chi connectivity index (χ0) is 19.3. The lowest BCUT2D eigenvalue weighted by molar-refractivity contribution is -0.367. The van der Waals surface area contributed by atoms with E-state index in [1.165, 1.54) is 10.5 Å². The highest BCUT2D eigenvalue weighted by Crippen LogP contribution is 2.18. The monoisotopic (exact) mass is 412 g/mol. The van der Waals surface area contributed by atoms with E-state index in [0.717, 1.165) is 11.6 Å². The van der Waals surface area contributed by atoms with Crippen LogP contribution in [0.15, 0.2) is 47.5 Å². The highest BCUT2D eigenvalue weighted by atomic mass is 35.5. The Hall–Kier alpha value is -1.87. The number of H-pyrrole nitrogens is 1. The Morgan fingerprint density at radius 3 is 2.52 bits per heavy atom. The number of benzene rings is 1. The molecule has 0 atom stereocenters. The van der Waals surface area contributed by atoms with E-state index in [9.17, 15) is 8.42 Å². The van der Waals surface area contributed by atoms with Crippen LogP contribution in [0.25, 0.3) is 0 Å². The summed E-state index contributed by atoms with van der Waals surface area (Å²) < 4.78 is 37.6. The summed E-state index contributed by atoms with van der Waals surface area (Å²) in [5, 5.41) is 0.668. The molecule has 9 heteroatoms. The first-order chi connectivity index (χ1) is 13.0. The van der Waals surface area contributed by atoms with Gasteiger partial charge in [0, 0.05) is 24.2 Å². The molecule has 146 valence electrons. The van der Waals surface area contributed by atoms with Gasteiger partial charge in [-0.2, -0.15) is 4.31 Å². The number of nitrogens with zero attached hydrogens (tertiary/aromatic N) is 2. The van der Waals surface area contributed by atoms with Crippen molar-refractivity contribution in [3.63, 3.8) is 0 Å². The van der Waals surface area contributed by atoms with Crippen molar-refractivity contribution in [3.05, 3.63) is 47.6 Å². The van der Waals surface area contributed by atoms with E-state index in [4.69, 9.17) is 21.1 Å². The number of ether oxygens (including phenoxy) is 2. The first-order valence-corrected chi connectivity index (χ1v) is 10.5. The van der Waals surface area contributed by atoms with Crippen molar-refractivity contribution in [3.8, 4) is 5.75 Å². The third-order valence-corrected chi connectivity index (χ3v) is 6.44. The quantitative estimate of drug-likeness (QED) is 0.692. The number of aromatic nitrogens is 1. The van der Waals surface area contributed by atoms with Gasteiger partial charge in [0.2, 0.25) is 10.0 Å². The molecule has 0 spiro atoms. The fourth-order valence-corrected chi connectivity index (χ4v) is 4.19. The summed E-state index contributed by atoms with van der Waals surface area (Å²) in [4.78, 5) is 5.26. The molecule has 1 aliphatic heterocycles. The molecule has 2 heterocycles. The van der Waals surface area contributed by atoms with Gasteiger partial charge in [0.1, 0.15) is 30.0 Å². The van der Waals surface area contributed by atoms with Crippen LogP contribution in [0, 0.1) is 0 Å². The Kier molecular flexibility index (Phi) is 6.54. The van der Waals surface area contributed by atoms with Crippen LogP contribution in [0.3, 0.4) is 0 Å². The van der Waals surface area contributed by atoms with Crippen molar-refractivity contribution in [2.75, 3.05) is 51.4 Å². The van der Waals surface area contributed by atoms with E-state index in [1.807, 2.05) is 24.1 Å². The molecule has 3 rings (SSSR count). The van der Waals surface area contributed by atoms with Gasteiger partial charge in [0.25, 0.3) is 5.82 Å². The number of sulfonamides is 1. The fraction of sp³-hybridized carbons (Fsp3) is 0.389. The summed E-state index contributed by atoms with van der Waals surface area (Å²) in [6.07, 6.45) is 1.52. The van der Waals surface area contributed by atoms with Crippen LogP contribution >= 0.6 is 11.6 Å². The molecule has 0 radical (unpaired) electrons. The molecule has 1 aromatic heterocycles. The molecule has 0 amide bonds. The molecule has 0 aliphatic carbocycles. The smallest absolute Gasteiger partial charge is 0.274 e. The van der Waals surface area contributed by atoms with E-state index in [1.54, 1.807) is 24.3 Å². The van der Waals surface area contributed by atoms with Crippen LogP contribution in [-0.2, 0) is 14.8 Å². The Balaban J connectivity index is 1.56. The van der Waals surface area contributed by atoms with Gasteiger partial charge in [-0.15, -0.1) is 0 Å². The van der Waals surface area contributed by atoms with Crippen molar-refractivity contribution in [2.24, 2.45) is 0 Å². The number of likely N-dealkylation sites (N-methyl/N-ethyl adjacent to an activating group) is 1. The van der Waals surface area contributed by atoms with Gasteiger partial charge < -0.3 is 9.47 Å². The first-order valence-electron chi connectivity index (χ1n) is 8.66. The average molecular weight is 413 g/mol. The molecule has 7 nitrogen and oxygen atoms in total. The Labute approximate surface area is 164 Å². The number of hydrogen-bond donors (Lipinski definition) is 0. The summed E-state index contributed by atoms with van der Waals surface area (Å²) in [6.45, 7) is 2.74. The summed E-state index contributed by atoms with van der Waals surface area (Å²) in [5.74, 6) is 1.55. The van der Waals surface area contributed by atoms with Crippen LogP contribution in [0.5, 0.6) is 5.75 Å². The summed E-state index contributed by atoms with van der Waals surface area (Å²) in [6, 6.07) is 10.6. The normalized spacial score (nSPS) is 15.5. The molecular weight excluding hydrogens is 390 g/mol. The van der Waals surface area contributed by atoms with Crippen LogP contribution in [0.4, 0.5) is 5.82 Å². The number of anilines is 1. The third-order valence-electron chi connectivity index (χ3n) is 4.30. The minimum absolute atomic E-state index is 0.249. The van der Waals surface area contributed by atoms with Crippen LogP contribution in [-0.4, -0.2) is 59.2 Å². The molecule has 1 aliphatic rings. The number of rotatable bonds is 7. The van der Waals surface area contributed by atoms with Gasteiger partial charge in [0.15, 0.2) is 0 Å². The predicted octanol–water partition coefficient (Wildman–Crippen LogP) is 1.69. The Morgan fingerprint density at radius 2 is 1.89 bits per heavy atom. The second-order valence-electron chi connectivity index (χ2n) is 6.15. The number of hydrogen-bond acceptors (Lipinski definition) is 5. The number of nitrogens with one attached hydrogen (secondary N) is 1. The summed E-state index contributed by atoms with van der Waals surface area (Å²) in [7, 11) is -1.58. The highest BCUT2D eigenvalue weighted by molar-refractivity contribution is 7.89. The lowest BCUT2D eigenvalue weighted by Crippen LogP contribution is -2.41. The van der Waals surface area contributed by atoms with Crippen molar-refractivity contribution in [1.82, 2.24) is 4.31 Å². The molecule has 1 aromatic carbocycles. The van der Waals surface area contributed by atoms with Gasteiger partial charge in [-0.1, -0.05) is 11.6 Å². The lowest BCUT2D eigenvalue weighted by atomic mass is 10.3. The maximum atomic E-state index is 12.6. The van der Waals surface area contributed by atoms with Gasteiger partial charge in [-0.25, -0.2) is 13.4 Å². The average Bonchev–Trinajstić information content (AvgIpc) is 2.70. The maximum absolute atomic E-state index is 12.6. The van der Waals surface area contributed by atoms with Gasteiger partial charge in [-0.05, 0) is 30.3 Å². The van der Waals surface area contributed by atoms with Crippen LogP contribution in [0.2, 0.25) is 5.02 Å². The number of halogens is 1. The SMILES string of the molecule is CN(CCOc1ccc(Cl)cc1)c1ccc(S(=O)(=O)N2CCOCC2)c[nH+]1. The molecule has 0 bridgehead atoms. The molecule has 2 aromatic rings. The molecule has 0 unspecified atom stereocenters. The maximum Gasteiger partial charge on any atom is 0.274 e. The largest absolute Gasteiger partial charge is 0.490 e. The molecule has 1 N–H and O–H groups in total. The first kappa shape index (κ1) is 19.9. The van der Waals surface area contributed by atoms with Crippen molar-refractivity contribution < 1.29 is 22.9 Å². The van der Waals surface area contributed by atoms with E-state index >= 15 is 0 Å². The minimum atomic E-state index is -3.49. The predicted molar refractivity (Wildman–Crippen MR) is 103 cm³/mol. The molecule has 27 heavy (non-hydrogen) atoms. The number of aromatic amines is 1. The second-order valence-corrected chi connectivity index (χ2v) is 8.52. The minimum Gasteiger partial charge on any atom is -0.490 e. The number of morpholine rings is 1. The summed E-state index contributed by atoms with van der Waals surface area (Å²) in [5.41, 5.74) is 0.